The predicted molar refractivity (Wildman–Crippen MR) is 53.3 cm³/mol. The van der Waals surface area contributed by atoms with Gasteiger partial charge in [0, 0.05) is 17.1 Å². The summed E-state index contributed by atoms with van der Waals surface area (Å²) >= 11 is 3.26. The van der Waals surface area contributed by atoms with E-state index in [0.717, 1.165) is 10.0 Å². The Hall–Kier alpha value is -0.900. The number of nitrogens with zero attached hydrogens (tertiary/aromatic N) is 1. The lowest BCUT2D eigenvalue weighted by Gasteiger charge is -1.99. The summed E-state index contributed by atoms with van der Waals surface area (Å²) in [4.78, 5) is 4.51. The van der Waals surface area contributed by atoms with Crippen molar-refractivity contribution in [2.24, 2.45) is 5.16 Å². The molecule has 0 bridgehead atoms. The highest BCUT2D eigenvalue weighted by Crippen LogP contribution is 2.17. The minimum absolute atomic E-state index is 0.251. The summed E-state index contributed by atoms with van der Waals surface area (Å²) in [6, 6.07) is 4.55. The molecule has 0 saturated heterocycles. The second-order valence-electron chi connectivity index (χ2n) is 2.41. The maximum absolute atomic E-state index is 12.6. The van der Waals surface area contributed by atoms with Gasteiger partial charge in [-0.1, -0.05) is 27.2 Å². The normalized spacial score (nSPS) is 10.7. The molecule has 1 aromatic carbocycles. The summed E-state index contributed by atoms with van der Waals surface area (Å²) < 4.78 is 13.4. The Kier molecular flexibility index (Phi) is 3.89. The van der Waals surface area contributed by atoms with Gasteiger partial charge in [-0.05, 0) is 17.7 Å². The van der Waals surface area contributed by atoms with Crippen molar-refractivity contribution in [3.8, 4) is 0 Å². The zero-order chi connectivity index (χ0) is 9.68. The standard InChI is InChI=1S/C9H9BrFNO/c1-13-12-5-4-7-2-3-8(11)6-9(7)10/h2-3,5-6H,4H2,1H3. The third kappa shape index (κ3) is 3.14. The van der Waals surface area contributed by atoms with Crippen LogP contribution in [0.25, 0.3) is 0 Å². The number of benzene rings is 1. The molecule has 0 aliphatic heterocycles. The molecule has 0 saturated carbocycles. The second-order valence-corrected chi connectivity index (χ2v) is 3.26. The second kappa shape index (κ2) is 4.97. The van der Waals surface area contributed by atoms with Crippen LogP contribution in [0.5, 0.6) is 0 Å². The van der Waals surface area contributed by atoms with Crippen molar-refractivity contribution in [3.63, 3.8) is 0 Å². The summed E-state index contributed by atoms with van der Waals surface area (Å²) in [5, 5.41) is 3.59. The Labute approximate surface area is 84.5 Å². The lowest BCUT2D eigenvalue weighted by molar-refractivity contribution is 0.215. The molecule has 0 amide bonds. The van der Waals surface area contributed by atoms with Gasteiger partial charge in [-0.15, -0.1) is 0 Å². The summed E-state index contributed by atoms with van der Waals surface area (Å²) in [6.45, 7) is 0. The SMILES string of the molecule is CON=CCc1ccc(F)cc1Br. The van der Waals surface area contributed by atoms with Crippen molar-refractivity contribution in [1.82, 2.24) is 0 Å². The van der Waals surface area contributed by atoms with Crippen molar-refractivity contribution in [2.45, 2.75) is 6.42 Å². The van der Waals surface area contributed by atoms with E-state index in [1.807, 2.05) is 0 Å². The van der Waals surface area contributed by atoms with Gasteiger partial charge in [-0.25, -0.2) is 4.39 Å². The first-order valence-corrected chi connectivity index (χ1v) is 4.52. The Morgan fingerprint density at radius 1 is 1.62 bits per heavy atom. The maximum atomic E-state index is 12.6. The zero-order valence-electron chi connectivity index (χ0n) is 7.13. The molecule has 70 valence electrons. The van der Waals surface area contributed by atoms with Crippen molar-refractivity contribution >= 4 is 22.1 Å². The van der Waals surface area contributed by atoms with Crippen molar-refractivity contribution < 1.29 is 9.23 Å². The smallest absolute Gasteiger partial charge is 0.124 e. The molecule has 4 heteroatoms. The fourth-order valence-electron chi connectivity index (χ4n) is 0.897. The van der Waals surface area contributed by atoms with Gasteiger partial charge in [0.1, 0.15) is 12.9 Å². The molecule has 13 heavy (non-hydrogen) atoms. The van der Waals surface area contributed by atoms with Crippen molar-refractivity contribution in [1.29, 1.82) is 0 Å². The Morgan fingerprint density at radius 2 is 2.38 bits per heavy atom. The van der Waals surface area contributed by atoms with Gasteiger partial charge in [0.2, 0.25) is 0 Å². The van der Waals surface area contributed by atoms with Crippen LogP contribution in [0.15, 0.2) is 27.8 Å². The van der Waals surface area contributed by atoms with E-state index in [-0.39, 0.29) is 5.82 Å². The molecular weight excluding hydrogens is 237 g/mol. The lowest BCUT2D eigenvalue weighted by Crippen LogP contribution is -1.89. The monoisotopic (exact) mass is 245 g/mol. The van der Waals surface area contributed by atoms with Gasteiger partial charge in [0.25, 0.3) is 0 Å². The van der Waals surface area contributed by atoms with E-state index in [1.54, 1.807) is 12.3 Å². The van der Waals surface area contributed by atoms with Crippen LogP contribution in [-0.2, 0) is 11.3 Å². The van der Waals surface area contributed by atoms with Crippen LogP contribution in [0.4, 0.5) is 4.39 Å². The third-order valence-corrected chi connectivity index (χ3v) is 2.24. The molecule has 0 heterocycles. The average molecular weight is 246 g/mol. The van der Waals surface area contributed by atoms with Crippen LogP contribution in [0.3, 0.4) is 0 Å². The number of rotatable bonds is 3. The number of hydrogen-bond acceptors (Lipinski definition) is 2. The average Bonchev–Trinajstić information content (AvgIpc) is 2.09. The molecule has 0 aromatic heterocycles. The summed E-state index contributed by atoms with van der Waals surface area (Å²) in [5.74, 6) is -0.251. The Balaban J connectivity index is 2.72. The van der Waals surface area contributed by atoms with Gasteiger partial charge < -0.3 is 4.84 Å². The van der Waals surface area contributed by atoms with E-state index in [1.165, 1.54) is 19.2 Å². The highest BCUT2D eigenvalue weighted by Gasteiger charge is 1.99. The summed E-state index contributed by atoms with van der Waals surface area (Å²) in [5.41, 5.74) is 0.974. The number of hydrogen-bond donors (Lipinski definition) is 0. The van der Waals surface area contributed by atoms with Crippen molar-refractivity contribution in [3.05, 3.63) is 34.1 Å². The number of oxime groups is 1. The fraction of sp³-hybridized carbons (Fsp3) is 0.222. The largest absolute Gasteiger partial charge is 0.399 e. The third-order valence-electron chi connectivity index (χ3n) is 1.51. The molecule has 0 radical (unpaired) electrons. The fourth-order valence-corrected chi connectivity index (χ4v) is 1.41. The highest BCUT2D eigenvalue weighted by atomic mass is 79.9. The van der Waals surface area contributed by atoms with E-state index in [4.69, 9.17) is 0 Å². The molecule has 0 unspecified atom stereocenters. The van der Waals surface area contributed by atoms with Gasteiger partial charge in [0.15, 0.2) is 0 Å². The van der Waals surface area contributed by atoms with E-state index >= 15 is 0 Å². The molecule has 0 fully saturated rings. The minimum Gasteiger partial charge on any atom is -0.399 e. The van der Waals surface area contributed by atoms with Gasteiger partial charge in [-0.3, -0.25) is 0 Å². The van der Waals surface area contributed by atoms with Crippen LogP contribution >= 0.6 is 15.9 Å². The van der Waals surface area contributed by atoms with E-state index in [2.05, 4.69) is 25.9 Å². The van der Waals surface area contributed by atoms with Crippen LogP contribution in [0, 0.1) is 5.82 Å². The van der Waals surface area contributed by atoms with Crippen LogP contribution in [0.1, 0.15) is 5.56 Å². The van der Waals surface area contributed by atoms with Crippen LogP contribution in [-0.4, -0.2) is 13.3 Å². The van der Waals surface area contributed by atoms with Gasteiger partial charge >= 0.3 is 0 Å². The molecule has 0 spiro atoms. The van der Waals surface area contributed by atoms with E-state index in [0.29, 0.717) is 6.42 Å². The molecule has 0 aliphatic rings. The van der Waals surface area contributed by atoms with Gasteiger partial charge in [-0.2, -0.15) is 0 Å². The topological polar surface area (TPSA) is 21.6 Å². The first-order chi connectivity index (χ1) is 6.24. The molecule has 0 atom stereocenters. The van der Waals surface area contributed by atoms with Crippen molar-refractivity contribution in [2.75, 3.05) is 7.11 Å². The highest BCUT2D eigenvalue weighted by molar-refractivity contribution is 9.10. The first-order valence-electron chi connectivity index (χ1n) is 3.73. The summed E-state index contributed by atoms with van der Waals surface area (Å²) in [7, 11) is 1.48. The molecule has 2 nitrogen and oxygen atoms in total. The summed E-state index contributed by atoms with van der Waals surface area (Å²) in [6.07, 6.45) is 2.24. The zero-order valence-corrected chi connectivity index (χ0v) is 8.71. The van der Waals surface area contributed by atoms with E-state index < -0.39 is 0 Å². The predicted octanol–water partition coefficient (Wildman–Crippen LogP) is 2.76. The molecule has 1 aromatic rings. The van der Waals surface area contributed by atoms with Gasteiger partial charge in [0.05, 0.1) is 0 Å². The number of halogens is 2. The first kappa shape index (κ1) is 10.2. The Bertz CT molecular complexity index is 314. The molecule has 0 N–H and O–H groups in total. The maximum Gasteiger partial charge on any atom is 0.124 e. The quantitative estimate of drug-likeness (QED) is 0.593. The molecular formula is C9H9BrFNO. The Morgan fingerprint density at radius 3 is 3.00 bits per heavy atom. The molecule has 1 rings (SSSR count). The van der Waals surface area contributed by atoms with Crippen LogP contribution < -0.4 is 0 Å². The van der Waals surface area contributed by atoms with Crippen LogP contribution in [0.2, 0.25) is 0 Å². The molecule has 0 aliphatic carbocycles. The van der Waals surface area contributed by atoms with E-state index in [9.17, 15) is 4.39 Å². The minimum atomic E-state index is -0.251. The lowest BCUT2D eigenvalue weighted by atomic mass is 10.2.